The fraction of sp³-hybridized carbons (Fsp3) is 0.421. The van der Waals surface area contributed by atoms with E-state index in [0.29, 0.717) is 37.8 Å². The predicted octanol–water partition coefficient (Wildman–Crippen LogP) is 7.65. The summed E-state index contributed by atoms with van der Waals surface area (Å²) in [4.78, 5) is 56.0. The molecule has 8 aromatic rings. The topological polar surface area (TPSA) is 138 Å². The van der Waals surface area contributed by atoms with E-state index in [-0.39, 0.29) is 41.3 Å². The molecule has 6 aromatic heterocycles. The Bertz CT molecular complexity index is 2980. The third-order valence-electron chi connectivity index (χ3n) is 16.1. The van der Waals surface area contributed by atoms with Gasteiger partial charge in [-0.1, -0.05) is 0 Å². The molecule has 10 heterocycles. The zero-order chi connectivity index (χ0) is 50.0. The molecule has 4 aliphatic rings. The monoisotopic (exact) mass is 1000 g/mol. The van der Waals surface area contributed by atoms with Crippen LogP contribution in [0.1, 0.15) is 25.7 Å². The minimum Gasteiger partial charge on any atom is -0.493 e. The van der Waals surface area contributed by atoms with Gasteiger partial charge in [0.05, 0.1) is 48.7 Å². The highest BCUT2D eigenvalue weighted by atomic mass is 19.1. The summed E-state index contributed by atoms with van der Waals surface area (Å²) in [5.41, 5.74) is 5.79. The smallest absolute Gasteiger partial charge is 0.169 e. The quantitative estimate of drug-likeness (QED) is 0.0982. The number of ether oxygens (including phenoxy) is 2. The number of halogens is 2. The number of nitrogens with one attached hydrogen (secondary N) is 2. The summed E-state index contributed by atoms with van der Waals surface area (Å²) in [6, 6.07) is 20.2. The number of aromatic nitrogens is 6. The maximum absolute atomic E-state index is 16.2. The van der Waals surface area contributed by atoms with Crippen LogP contribution in [0.2, 0.25) is 0 Å². The number of aromatic amines is 2. The Labute approximate surface area is 429 Å². The van der Waals surface area contributed by atoms with Crippen molar-refractivity contribution < 1.29 is 23.0 Å². The third kappa shape index (κ3) is 10.3. The van der Waals surface area contributed by atoms with Gasteiger partial charge >= 0.3 is 0 Å². The number of nitrogens with zero attached hydrogens (tertiary/aromatic N) is 10. The highest BCUT2D eigenvalue weighted by molar-refractivity contribution is 6.11. The van der Waals surface area contributed by atoms with Crippen LogP contribution in [0.25, 0.3) is 43.9 Å². The summed E-state index contributed by atoms with van der Waals surface area (Å²) in [6.07, 6.45) is 15.3. The van der Waals surface area contributed by atoms with Crippen molar-refractivity contribution in [2.75, 3.05) is 115 Å². The first-order valence-electron chi connectivity index (χ1n) is 26.5. The molecule has 0 amide bonds. The van der Waals surface area contributed by atoms with Crippen molar-refractivity contribution in [1.29, 1.82) is 0 Å². The number of pyridine rings is 4. The summed E-state index contributed by atoms with van der Waals surface area (Å²) >= 11 is 0. The number of hydrogen-bond donors (Lipinski definition) is 2. The van der Waals surface area contributed by atoms with E-state index in [1.807, 2.05) is 49.3 Å². The van der Waals surface area contributed by atoms with Crippen molar-refractivity contribution in [1.82, 2.24) is 49.5 Å². The van der Waals surface area contributed by atoms with Crippen LogP contribution in [-0.2, 0) is 4.79 Å². The van der Waals surface area contributed by atoms with Crippen molar-refractivity contribution >= 4 is 61.0 Å². The molecule has 4 atom stereocenters. The SMILES string of the molecule is O=C(C(CN1CCN(c2cc[nH]c3cnc4nccc4c23)CC1)N1CCCC(COc2ccc(F)cc2)C1)C(CN1CCN(c2cc[nH]c3cnc4nccc4c23)CC1)N1CCCC(COc2ccc(F)cc2)C1. The van der Waals surface area contributed by atoms with Gasteiger partial charge < -0.3 is 29.2 Å². The molecule has 4 unspecified atom stereocenters. The lowest BCUT2D eigenvalue weighted by Crippen LogP contribution is -2.62. The molecule has 12 rings (SSSR count). The number of rotatable bonds is 16. The molecule has 0 aliphatic carbocycles. The molecule has 0 saturated carbocycles. The molecule has 74 heavy (non-hydrogen) atoms. The molecule has 0 spiro atoms. The molecule has 0 bridgehead atoms. The largest absolute Gasteiger partial charge is 0.493 e. The van der Waals surface area contributed by atoms with Gasteiger partial charge in [-0.2, -0.15) is 0 Å². The molecule has 2 aromatic carbocycles. The van der Waals surface area contributed by atoms with Crippen LogP contribution in [0.15, 0.2) is 110 Å². The van der Waals surface area contributed by atoms with E-state index in [4.69, 9.17) is 9.47 Å². The number of carbonyl (C=O) groups excluding carboxylic acids is 1. The normalized spacial score (nSPS) is 20.7. The minimum atomic E-state index is -0.341. The number of hydrogen-bond acceptors (Lipinski definition) is 13. The average Bonchev–Trinajstić information content (AvgIpc) is 4.15. The second kappa shape index (κ2) is 21.6. The molecule has 2 N–H and O–H groups in total. The molecule has 15 nitrogen and oxygen atoms in total. The number of piperazine rings is 2. The zero-order valence-corrected chi connectivity index (χ0v) is 41.8. The van der Waals surface area contributed by atoms with E-state index < -0.39 is 0 Å². The minimum absolute atomic E-state index is 0.212. The molecule has 0 radical (unpaired) electrons. The number of H-pyrrole nitrogens is 2. The van der Waals surface area contributed by atoms with Gasteiger partial charge in [-0.25, -0.2) is 28.7 Å². The number of likely N-dealkylation sites (tertiary alicyclic amines) is 2. The lowest BCUT2D eigenvalue weighted by molar-refractivity contribution is -0.133. The third-order valence-corrected chi connectivity index (χ3v) is 16.1. The van der Waals surface area contributed by atoms with Crippen LogP contribution in [-0.4, -0.2) is 172 Å². The van der Waals surface area contributed by atoms with Crippen LogP contribution in [0.4, 0.5) is 20.2 Å². The Morgan fingerprint density at radius 2 is 0.986 bits per heavy atom. The van der Waals surface area contributed by atoms with Crippen LogP contribution in [0.5, 0.6) is 11.5 Å². The van der Waals surface area contributed by atoms with Crippen molar-refractivity contribution in [3.05, 3.63) is 122 Å². The van der Waals surface area contributed by atoms with Gasteiger partial charge in [0.25, 0.3) is 0 Å². The first-order chi connectivity index (χ1) is 36.4. The van der Waals surface area contributed by atoms with Crippen molar-refractivity contribution in [3.63, 3.8) is 0 Å². The van der Waals surface area contributed by atoms with E-state index in [1.165, 1.54) is 35.6 Å². The summed E-state index contributed by atoms with van der Waals surface area (Å²) in [5.74, 6) is 1.43. The summed E-state index contributed by atoms with van der Waals surface area (Å²) < 4.78 is 40.2. The van der Waals surface area contributed by atoms with Gasteiger partial charge in [0, 0.05) is 148 Å². The second-order valence-electron chi connectivity index (χ2n) is 20.7. The number of carbonyl (C=O) groups is 1. The molecule has 4 saturated heterocycles. The van der Waals surface area contributed by atoms with E-state index in [1.54, 1.807) is 24.3 Å². The van der Waals surface area contributed by atoms with E-state index in [9.17, 15) is 8.78 Å². The molecular weight excluding hydrogens is 939 g/mol. The van der Waals surface area contributed by atoms with Crippen molar-refractivity contribution in [2.24, 2.45) is 11.8 Å². The highest BCUT2D eigenvalue weighted by Crippen LogP contribution is 2.34. The van der Waals surface area contributed by atoms with Crippen LogP contribution in [0.3, 0.4) is 0 Å². The maximum Gasteiger partial charge on any atom is 0.169 e. The number of anilines is 2. The molecular formula is C57H64F2N12O3. The average molecular weight is 1000 g/mol. The summed E-state index contributed by atoms with van der Waals surface area (Å²) in [7, 11) is 0. The van der Waals surface area contributed by atoms with Crippen molar-refractivity contribution in [2.45, 2.75) is 37.8 Å². The van der Waals surface area contributed by atoms with E-state index in [2.05, 4.69) is 71.4 Å². The molecule has 4 aliphatic heterocycles. The Balaban J connectivity index is 0.810. The Hall–Kier alpha value is -6.79. The highest BCUT2D eigenvalue weighted by Gasteiger charge is 2.41. The lowest BCUT2D eigenvalue weighted by Gasteiger charge is -2.46. The molecule has 384 valence electrons. The fourth-order valence-electron chi connectivity index (χ4n) is 12.2. The predicted molar refractivity (Wildman–Crippen MR) is 285 cm³/mol. The molecule has 17 heteroatoms. The van der Waals surface area contributed by atoms with E-state index in [0.717, 1.165) is 148 Å². The number of Topliss-reactive ketones (excluding diaryl/α,β-unsaturated/α-hetero) is 1. The van der Waals surface area contributed by atoms with Gasteiger partial charge in [-0.3, -0.25) is 24.4 Å². The van der Waals surface area contributed by atoms with Crippen LogP contribution in [0, 0.1) is 23.5 Å². The van der Waals surface area contributed by atoms with Gasteiger partial charge in [0.2, 0.25) is 0 Å². The standard InChI is InChI=1S/C57H64F2N12O3/c58-41-5-9-43(10-6-41)73-37-39-3-1-21-70(33-39)51(35-66-23-27-68(28-24-66)49-15-19-60-47-31-64-56-45(53(47)49)13-17-62-56)55(72)52(71-22-2-4-40(34-71)38-74-44-11-7-42(59)8-12-44)36-67-25-29-69(30-26-67)50-16-20-61-48-32-65-57-46(54(48)50)14-18-63-57/h5-20,31-32,39-40,51-52,60-61H,1-4,21-30,33-38H2. The van der Waals surface area contributed by atoms with Gasteiger partial charge in [0.1, 0.15) is 23.1 Å². The zero-order valence-electron chi connectivity index (χ0n) is 41.8. The van der Waals surface area contributed by atoms with Crippen molar-refractivity contribution in [3.8, 4) is 11.5 Å². The van der Waals surface area contributed by atoms with Gasteiger partial charge in [-0.15, -0.1) is 0 Å². The lowest BCUT2D eigenvalue weighted by atomic mass is 9.91. The second-order valence-corrected chi connectivity index (χ2v) is 20.7. The molecule has 4 fully saturated rings. The van der Waals surface area contributed by atoms with E-state index >= 15 is 4.79 Å². The maximum atomic E-state index is 16.2. The Morgan fingerprint density at radius 1 is 0.554 bits per heavy atom. The Morgan fingerprint density at radius 3 is 1.42 bits per heavy atom. The van der Waals surface area contributed by atoms with Crippen LogP contribution < -0.4 is 19.3 Å². The first kappa shape index (κ1) is 48.2. The number of ketones is 1. The van der Waals surface area contributed by atoms with Crippen LogP contribution >= 0.6 is 0 Å². The summed E-state index contributed by atoms with van der Waals surface area (Å²) in [5, 5.41) is 4.35. The van der Waals surface area contributed by atoms with Gasteiger partial charge in [-0.05, 0) is 112 Å². The summed E-state index contributed by atoms with van der Waals surface area (Å²) in [6.45, 7) is 12.0. The number of piperidine rings is 2. The number of benzene rings is 2. The number of fused-ring (bicyclic) bond motifs is 6. The fourth-order valence-corrected chi connectivity index (χ4v) is 12.2. The van der Waals surface area contributed by atoms with Gasteiger partial charge in [0.15, 0.2) is 17.1 Å². The Kier molecular flexibility index (Phi) is 14.0. The first-order valence-corrected chi connectivity index (χ1v) is 26.5.